The van der Waals surface area contributed by atoms with Gasteiger partial charge in [0.2, 0.25) is 5.82 Å². The Labute approximate surface area is 122 Å². The average molecular weight is 291 g/mol. The third-order valence-corrected chi connectivity index (χ3v) is 3.22. The molecule has 0 radical (unpaired) electrons. The molecule has 0 unspecified atom stereocenters. The van der Waals surface area contributed by atoms with Gasteiger partial charge in [-0.1, -0.05) is 13.0 Å². The van der Waals surface area contributed by atoms with Crippen molar-refractivity contribution in [1.29, 1.82) is 0 Å². The van der Waals surface area contributed by atoms with Gasteiger partial charge in [0, 0.05) is 31.0 Å². The molecule has 112 valence electrons. The molecule has 2 rings (SSSR count). The van der Waals surface area contributed by atoms with Gasteiger partial charge in [-0.15, -0.1) is 0 Å². The highest BCUT2D eigenvalue weighted by Gasteiger charge is 2.14. The van der Waals surface area contributed by atoms with E-state index in [1.807, 2.05) is 22.9 Å². The summed E-state index contributed by atoms with van der Waals surface area (Å²) in [5.41, 5.74) is 1.31. The van der Waals surface area contributed by atoms with Crippen molar-refractivity contribution in [2.75, 3.05) is 6.54 Å². The molecule has 0 saturated carbocycles. The molecule has 0 aliphatic carbocycles. The van der Waals surface area contributed by atoms with Gasteiger partial charge < -0.3 is 9.88 Å². The lowest BCUT2D eigenvalue weighted by atomic mass is 10.2. The summed E-state index contributed by atoms with van der Waals surface area (Å²) in [4.78, 5) is 9.89. The maximum atomic E-state index is 13.6. The predicted molar refractivity (Wildman–Crippen MR) is 78.6 cm³/mol. The second-order valence-corrected chi connectivity index (χ2v) is 4.85. The lowest BCUT2D eigenvalue weighted by Crippen LogP contribution is -2.17. The third-order valence-electron chi connectivity index (χ3n) is 3.22. The molecular weight excluding hydrogens is 273 g/mol. The summed E-state index contributed by atoms with van der Waals surface area (Å²) < 4.78 is 15.6. The molecular formula is C15H18FN3O2. The monoisotopic (exact) mass is 291 g/mol. The van der Waals surface area contributed by atoms with E-state index >= 15 is 0 Å². The number of nitro groups is 1. The fourth-order valence-electron chi connectivity index (χ4n) is 2.15. The minimum Gasteiger partial charge on any atom is -0.346 e. The summed E-state index contributed by atoms with van der Waals surface area (Å²) in [7, 11) is 0. The smallest absolute Gasteiger partial charge is 0.304 e. The van der Waals surface area contributed by atoms with Crippen LogP contribution in [-0.2, 0) is 13.1 Å². The Bertz CT molecular complexity index is 625. The highest BCUT2D eigenvalue weighted by Crippen LogP contribution is 2.19. The van der Waals surface area contributed by atoms with Crippen LogP contribution in [0.1, 0.15) is 24.6 Å². The molecule has 0 amide bonds. The van der Waals surface area contributed by atoms with Crippen LogP contribution in [0.25, 0.3) is 0 Å². The standard InChI is InChI=1S/C15H18FN3O2/c1-2-7-17-10-13-4-3-8-18(13)11-12-5-6-15(19(20)21)14(16)9-12/h3-6,8-9,17H,2,7,10-11H2,1H3. The molecule has 0 aliphatic rings. The number of benzene rings is 1. The number of nitrogens with zero attached hydrogens (tertiary/aromatic N) is 2. The van der Waals surface area contributed by atoms with Crippen molar-refractivity contribution < 1.29 is 9.31 Å². The second kappa shape index (κ2) is 6.99. The number of rotatable bonds is 7. The zero-order valence-electron chi connectivity index (χ0n) is 11.9. The van der Waals surface area contributed by atoms with Gasteiger partial charge in [-0.3, -0.25) is 10.1 Å². The maximum Gasteiger partial charge on any atom is 0.304 e. The van der Waals surface area contributed by atoms with Gasteiger partial charge in [0.1, 0.15) is 0 Å². The Balaban J connectivity index is 2.10. The van der Waals surface area contributed by atoms with Crippen LogP contribution in [0.4, 0.5) is 10.1 Å². The molecule has 0 fully saturated rings. The summed E-state index contributed by atoms with van der Waals surface area (Å²) in [5, 5.41) is 13.9. The Morgan fingerprint density at radius 3 is 2.86 bits per heavy atom. The zero-order valence-corrected chi connectivity index (χ0v) is 11.9. The van der Waals surface area contributed by atoms with Crippen molar-refractivity contribution in [2.45, 2.75) is 26.4 Å². The quantitative estimate of drug-likeness (QED) is 0.484. The van der Waals surface area contributed by atoms with Crippen molar-refractivity contribution in [3.63, 3.8) is 0 Å². The third kappa shape index (κ3) is 3.88. The number of nitro benzene ring substituents is 1. The van der Waals surface area contributed by atoms with Crippen molar-refractivity contribution in [3.05, 3.63) is 63.7 Å². The minimum atomic E-state index is -0.796. The first-order chi connectivity index (χ1) is 10.1. The van der Waals surface area contributed by atoms with Gasteiger partial charge in [0.15, 0.2) is 0 Å². The lowest BCUT2D eigenvalue weighted by molar-refractivity contribution is -0.387. The Morgan fingerprint density at radius 1 is 1.38 bits per heavy atom. The van der Waals surface area contributed by atoms with Crippen LogP contribution in [0.2, 0.25) is 0 Å². The van der Waals surface area contributed by atoms with Crippen molar-refractivity contribution in [2.24, 2.45) is 0 Å². The van der Waals surface area contributed by atoms with Crippen LogP contribution < -0.4 is 5.32 Å². The van der Waals surface area contributed by atoms with E-state index < -0.39 is 16.4 Å². The van der Waals surface area contributed by atoms with E-state index in [4.69, 9.17) is 0 Å². The normalized spacial score (nSPS) is 10.8. The summed E-state index contributed by atoms with van der Waals surface area (Å²) in [6.45, 7) is 4.28. The van der Waals surface area contributed by atoms with E-state index in [1.54, 1.807) is 6.07 Å². The van der Waals surface area contributed by atoms with Gasteiger partial charge in [0.25, 0.3) is 0 Å². The Hall–Kier alpha value is -2.21. The number of nitrogens with one attached hydrogen (secondary N) is 1. The first-order valence-electron chi connectivity index (χ1n) is 6.89. The van der Waals surface area contributed by atoms with E-state index in [0.29, 0.717) is 12.1 Å². The van der Waals surface area contributed by atoms with E-state index in [9.17, 15) is 14.5 Å². The van der Waals surface area contributed by atoms with Crippen LogP contribution in [0.3, 0.4) is 0 Å². The van der Waals surface area contributed by atoms with Crippen molar-refractivity contribution in [3.8, 4) is 0 Å². The molecule has 5 nitrogen and oxygen atoms in total. The largest absolute Gasteiger partial charge is 0.346 e. The predicted octanol–water partition coefficient (Wildman–Crippen LogP) is 3.08. The van der Waals surface area contributed by atoms with E-state index in [0.717, 1.165) is 25.2 Å². The number of halogens is 1. The molecule has 2 aromatic rings. The minimum absolute atomic E-state index is 0.490. The topological polar surface area (TPSA) is 60.1 Å². The Kier molecular flexibility index (Phi) is 5.05. The first kappa shape index (κ1) is 15.2. The SMILES string of the molecule is CCCNCc1cccn1Cc1ccc([N+](=O)[O-])c(F)c1. The molecule has 0 spiro atoms. The number of aromatic nitrogens is 1. The van der Waals surface area contributed by atoms with Gasteiger partial charge in [0.05, 0.1) is 4.92 Å². The molecule has 0 bridgehead atoms. The highest BCUT2D eigenvalue weighted by molar-refractivity contribution is 5.35. The summed E-state index contributed by atoms with van der Waals surface area (Å²) in [6.07, 6.45) is 2.98. The maximum absolute atomic E-state index is 13.6. The van der Waals surface area contributed by atoms with Gasteiger partial charge in [-0.25, -0.2) is 0 Å². The second-order valence-electron chi connectivity index (χ2n) is 4.85. The molecule has 0 aliphatic heterocycles. The first-order valence-corrected chi connectivity index (χ1v) is 6.89. The highest BCUT2D eigenvalue weighted by atomic mass is 19.1. The van der Waals surface area contributed by atoms with Gasteiger partial charge in [-0.05, 0) is 36.7 Å². The van der Waals surface area contributed by atoms with Crippen molar-refractivity contribution >= 4 is 5.69 Å². The lowest BCUT2D eigenvalue weighted by Gasteiger charge is -2.10. The van der Waals surface area contributed by atoms with E-state index in [1.165, 1.54) is 12.1 Å². The van der Waals surface area contributed by atoms with Crippen molar-refractivity contribution in [1.82, 2.24) is 9.88 Å². The molecule has 6 heteroatoms. The van der Waals surface area contributed by atoms with Crippen LogP contribution >= 0.6 is 0 Å². The van der Waals surface area contributed by atoms with Crippen LogP contribution in [-0.4, -0.2) is 16.0 Å². The molecule has 0 saturated heterocycles. The van der Waals surface area contributed by atoms with Gasteiger partial charge in [-0.2, -0.15) is 4.39 Å². The fourth-order valence-corrected chi connectivity index (χ4v) is 2.15. The van der Waals surface area contributed by atoms with Crippen LogP contribution in [0, 0.1) is 15.9 Å². The molecule has 1 N–H and O–H groups in total. The molecule has 0 atom stereocenters. The zero-order chi connectivity index (χ0) is 15.2. The summed E-state index contributed by atoms with van der Waals surface area (Å²) in [6, 6.07) is 7.96. The average Bonchev–Trinajstić information content (AvgIpc) is 2.86. The van der Waals surface area contributed by atoms with Crippen LogP contribution in [0.5, 0.6) is 0 Å². The number of hydrogen-bond donors (Lipinski definition) is 1. The van der Waals surface area contributed by atoms with E-state index in [2.05, 4.69) is 12.2 Å². The van der Waals surface area contributed by atoms with Crippen LogP contribution in [0.15, 0.2) is 36.5 Å². The molecule has 21 heavy (non-hydrogen) atoms. The summed E-state index contributed by atoms with van der Waals surface area (Å²) in [5.74, 6) is -0.796. The van der Waals surface area contributed by atoms with Gasteiger partial charge >= 0.3 is 5.69 Å². The summed E-state index contributed by atoms with van der Waals surface area (Å²) >= 11 is 0. The molecule has 1 aromatic carbocycles. The number of hydrogen-bond acceptors (Lipinski definition) is 3. The molecule has 1 heterocycles. The molecule has 1 aromatic heterocycles. The van der Waals surface area contributed by atoms with E-state index in [-0.39, 0.29) is 0 Å². The fraction of sp³-hybridized carbons (Fsp3) is 0.333. The Morgan fingerprint density at radius 2 is 2.19 bits per heavy atom.